The first-order valence-electron chi connectivity index (χ1n) is 8.94. The summed E-state index contributed by atoms with van der Waals surface area (Å²) in [6.07, 6.45) is 0.385. The fraction of sp³-hybridized carbons (Fsp3) is 0.722. The number of hydrogen-bond donors (Lipinski definition) is 1. The molecule has 3 rings (SSSR count). The zero-order chi connectivity index (χ0) is 19.2. The fourth-order valence-corrected chi connectivity index (χ4v) is 4.53. The van der Waals surface area contributed by atoms with E-state index in [1.54, 1.807) is 14.0 Å². The van der Waals surface area contributed by atoms with Gasteiger partial charge in [-0.25, -0.2) is 4.79 Å². The van der Waals surface area contributed by atoms with Crippen LogP contribution in [0.1, 0.15) is 40.0 Å². The second-order valence-corrected chi connectivity index (χ2v) is 7.11. The molecule has 2 aliphatic heterocycles. The third-order valence-electron chi connectivity index (χ3n) is 5.45. The van der Waals surface area contributed by atoms with E-state index >= 15 is 0 Å². The molecule has 0 aromatic carbocycles. The SMILES string of the molecule is CO[C@H]1CCC[C@H]2C1=C(C(=O)OC(C)OC(C)=O)N1C(=O)[C@H](C(C)O)[C@@H]21. The third-order valence-corrected chi connectivity index (χ3v) is 5.45. The van der Waals surface area contributed by atoms with Gasteiger partial charge in [-0.15, -0.1) is 0 Å². The summed E-state index contributed by atoms with van der Waals surface area (Å²) in [5, 5.41) is 10.0. The number of rotatable bonds is 5. The van der Waals surface area contributed by atoms with Crippen molar-refractivity contribution in [3.05, 3.63) is 11.3 Å². The average Bonchev–Trinajstić information content (AvgIpc) is 2.84. The number of aliphatic hydroxyl groups excluding tert-OH is 1. The highest BCUT2D eigenvalue weighted by Crippen LogP contribution is 2.52. The van der Waals surface area contributed by atoms with Gasteiger partial charge in [0.2, 0.25) is 12.2 Å². The van der Waals surface area contributed by atoms with Gasteiger partial charge in [-0.1, -0.05) is 0 Å². The largest absolute Gasteiger partial charge is 0.426 e. The first-order valence-corrected chi connectivity index (χ1v) is 8.94. The summed E-state index contributed by atoms with van der Waals surface area (Å²) in [4.78, 5) is 37.9. The number of esters is 2. The Balaban J connectivity index is 1.93. The maximum Gasteiger partial charge on any atom is 0.358 e. The molecule has 2 unspecified atom stereocenters. The molecule has 1 N–H and O–H groups in total. The van der Waals surface area contributed by atoms with Gasteiger partial charge in [-0.2, -0.15) is 0 Å². The lowest BCUT2D eigenvalue weighted by molar-refractivity contribution is -0.184. The van der Waals surface area contributed by atoms with Crippen LogP contribution >= 0.6 is 0 Å². The lowest BCUT2D eigenvalue weighted by Gasteiger charge is -2.47. The number of nitrogens with zero attached hydrogens (tertiary/aromatic N) is 1. The first-order chi connectivity index (χ1) is 12.3. The molecule has 6 atom stereocenters. The molecule has 1 saturated carbocycles. The molecule has 1 aliphatic carbocycles. The second kappa shape index (κ2) is 7.00. The predicted octanol–water partition coefficient (Wildman–Crippen LogP) is 0.729. The van der Waals surface area contributed by atoms with Crippen molar-refractivity contribution < 1.29 is 33.7 Å². The van der Waals surface area contributed by atoms with Crippen molar-refractivity contribution in [1.29, 1.82) is 0 Å². The van der Waals surface area contributed by atoms with E-state index in [0.29, 0.717) is 0 Å². The van der Waals surface area contributed by atoms with Gasteiger partial charge in [0.05, 0.1) is 24.2 Å². The molecule has 144 valence electrons. The molecular formula is C18H25NO7. The van der Waals surface area contributed by atoms with Gasteiger partial charge in [0.25, 0.3) is 0 Å². The van der Waals surface area contributed by atoms with E-state index in [4.69, 9.17) is 14.2 Å². The zero-order valence-electron chi connectivity index (χ0n) is 15.4. The van der Waals surface area contributed by atoms with E-state index < -0.39 is 30.3 Å². The van der Waals surface area contributed by atoms with Crippen LogP contribution in [0.2, 0.25) is 0 Å². The molecule has 0 spiro atoms. The zero-order valence-corrected chi connectivity index (χ0v) is 15.4. The molecule has 8 heteroatoms. The smallest absolute Gasteiger partial charge is 0.358 e. The van der Waals surface area contributed by atoms with Gasteiger partial charge in [-0.05, 0) is 31.8 Å². The number of carbonyl (C=O) groups excluding carboxylic acids is 3. The highest BCUT2D eigenvalue weighted by atomic mass is 16.7. The summed E-state index contributed by atoms with van der Waals surface area (Å²) < 4.78 is 15.6. The number of ether oxygens (including phenoxy) is 3. The number of fused-ring (bicyclic) bond motifs is 3. The quantitative estimate of drug-likeness (QED) is 0.434. The summed E-state index contributed by atoms with van der Waals surface area (Å²) >= 11 is 0. The normalized spacial score (nSPS) is 32.3. The van der Waals surface area contributed by atoms with E-state index in [9.17, 15) is 19.5 Å². The van der Waals surface area contributed by atoms with Crippen molar-refractivity contribution in [1.82, 2.24) is 4.90 Å². The first kappa shape index (κ1) is 18.8. The van der Waals surface area contributed by atoms with E-state index in [1.165, 1.54) is 18.7 Å². The predicted molar refractivity (Wildman–Crippen MR) is 88.3 cm³/mol. The van der Waals surface area contributed by atoms with Gasteiger partial charge in [-0.3, -0.25) is 9.59 Å². The Labute approximate surface area is 152 Å². The number of methoxy groups -OCH3 is 1. The van der Waals surface area contributed by atoms with Gasteiger partial charge in [0, 0.05) is 26.9 Å². The van der Waals surface area contributed by atoms with Crippen LogP contribution in [0.5, 0.6) is 0 Å². The average molecular weight is 367 g/mol. The molecule has 1 saturated heterocycles. The summed E-state index contributed by atoms with van der Waals surface area (Å²) in [5.41, 5.74) is 0.952. The summed E-state index contributed by atoms with van der Waals surface area (Å²) in [6.45, 7) is 4.26. The van der Waals surface area contributed by atoms with Crippen molar-refractivity contribution in [3.8, 4) is 0 Å². The molecule has 26 heavy (non-hydrogen) atoms. The standard InChI is InChI=1S/C18H25NO7/c1-8(20)13-15-11-6-5-7-12(24-4)14(11)16(19(15)17(13)22)18(23)26-10(3)25-9(2)21/h8,10-13,15,20H,5-7H2,1-4H3/t8?,10?,11-,12-,13+,15+/m0/s1. The second-order valence-electron chi connectivity index (χ2n) is 7.11. The highest BCUT2D eigenvalue weighted by Gasteiger charge is 2.62. The lowest BCUT2D eigenvalue weighted by atomic mass is 9.72. The van der Waals surface area contributed by atoms with Crippen LogP contribution < -0.4 is 0 Å². The van der Waals surface area contributed by atoms with E-state index in [-0.39, 0.29) is 29.7 Å². The Bertz CT molecular complexity index is 656. The number of carbonyl (C=O) groups is 3. The highest BCUT2D eigenvalue weighted by molar-refractivity contribution is 6.01. The van der Waals surface area contributed by atoms with Crippen molar-refractivity contribution in [2.24, 2.45) is 11.8 Å². The van der Waals surface area contributed by atoms with Crippen LogP contribution in [0.15, 0.2) is 11.3 Å². The van der Waals surface area contributed by atoms with E-state index in [2.05, 4.69) is 0 Å². The molecule has 0 aromatic rings. The van der Waals surface area contributed by atoms with Gasteiger partial charge in [0.1, 0.15) is 5.70 Å². The molecule has 2 heterocycles. The molecule has 8 nitrogen and oxygen atoms in total. The van der Waals surface area contributed by atoms with E-state index in [1.807, 2.05) is 0 Å². The van der Waals surface area contributed by atoms with Gasteiger partial charge < -0.3 is 24.2 Å². The molecule has 2 fully saturated rings. The Morgan fingerprint density at radius 2 is 1.92 bits per heavy atom. The van der Waals surface area contributed by atoms with Crippen LogP contribution in [-0.2, 0) is 28.6 Å². The number of amides is 1. The summed E-state index contributed by atoms with van der Waals surface area (Å²) in [7, 11) is 1.58. The molecule has 0 aromatic heterocycles. The topological polar surface area (TPSA) is 102 Å². The molecule has 0 bridgehead atoms. The van der Waals surface area contributed by atoms with Gasteiger partial charge in [0.15, 0.2) is 0 Å². The fourth-order valence-electron chi connectivity index (χ4n) is 4.53. The minimum atomic E-state index is -1.06. The Hall–Kier alpha value is -1.93. The number of β-lactam (4-membered cyclic amide) rings is 1. The minimum Gasteiger partial charge on any atom is -0.426 e. The van der Waals surface area contributed by atoms with E-state index in [0.717, 1.165) is 24.8 Å². The van der Waals surface area contributed by atoms with Gasteiger partial charge >= 0.3 is 11.9 Å². The molecule has 3 aliphatic rings. The van der Waals surface area contributed by atoms with Crippen molar-refractivity contribution >= 4 is 17.8 Å². The van der Waals surface area contributed by atoms with Crippen LogP contribution in [0.25, 0.3) is 0 Å². The Morgan fingerprint density at radius 1 is 1.23 bits per heavy atom. The van der Waals surface area contributed by atoms with Crippen molar-refractivity contribution in [3.63, 3.8) is 0 Å². The maximum absolute atomic E-state index is 12.8. The summed E-state index contributed by atoms with van der Waals surface area (Å²) in [6, 6.07) is -0.248. The summed E-state index contributed by atoms with van der Waals surface area (Å²) in [5.74, 6) is -2.11. The lowest BCUT2D eigenvalue weighted by Crippen LogP contribution is -2.64. The number of hydrogen-bond acceptors (Lipinski definition) is 7. The Kier molecular flexibility index (Phi) is 5.07. The molecule has 1 amide bonds. The molecular weight excluding hydrogens is 342 g/mol. The molecule has 0 radical (unpaired) electrons. The van der Waals surface area contributed by atoms with Crippen molar-refractivity contribution in [2.75, 3.05) is 7.11 Å². The minimum absolute atomic E-state index is 0.0300. The van der Waals surface area contributed by atoms with Crippen LogP contribution in [0, 0.1) is 11.8 Å². The van der Waals surface area contributed by atoms with Crippen LogP contribution in [0.4, 0.5) is 0 Å². The van der Waals surface area contributed by atoms with Crippen LogP contribution in [0.3, 0.4) is 0 Å². The third kappa shape index (κ3) is 2.91. The maximum atomic E-state index is 12.8. The monoisotopic (exact) mass is 367 g/mol. The number of aliphatic hydroxyl groups is 1. The van der Waals surface area contributed by atoms with Crippen molar-refractivity contribution in [2.45, 2.75) is 64.6 Å². The Morgan fingerprint density at radius 3 is 2.50 bits per heavy atom. The van der Waals surface area contributed by atoms with Crippen LogP contribution in [-0.4, -0.2) is 59.5 Å².